The molecule has 1 saturated heterocycles. The molecule has 0 aliphatic carbocycles. The fourth-order valence-corrected chi connectivity index (χ4v) is 4.10. The summed E-state index contributed by atoms with van der Waals surface area (Å²) in [6, 6.07) is 11.9. The number of anilines is 1. The van der Waals surface area contributed by atoms with Crippen molar-refractivity contribution in [3.63, 3.8) is 0 Å². The van der Waals surface area contributed by atoms with E-state index < -0.39 is 0 Å². The number of H-pyrrole nitrogens is 1. The molecule has 2 amide bonds. The van der Waals surface area contributed by atoms with Crippen LogP contribution in [0.25, 0.3) is 10.9 Å². The number of aromatic nitrogens is 1. The van der Waals surface area contributed by atoms with Gasteiger partial charge in [0.25, 0.3) is 0 Å². The summed E-state index contributed by atoms with van der Waals surface area (Å²) in [5.74, 6) is 0.438. The quantitative estimate of drug-likeness (QED) is 0.655. The Morgan fingerprint density at radius 1 is 1.23 bits per heavy atom. The fourth-order valence-electron chi connectivity index (χ4n) is 4.10. The number of hydrogen-bond acceptors (Lipinski definition) is 3. The lowest BCUT2D eigenvalue weighted by Gasteiger charge is -2.17. The SMILES string of the molecule is COc1ccc2[nH]cc(CCN3CC(C(=O)Nc4ccc(C)cc4C)CC3=O)c2c1. The highest BCUT2D eigenvalue weighted by atomic mass is 16.5. The van der Waals surface area contributed by atoms with Crippen molar-refractivity contribution >= 4 is 28.4 Å². The van der Waals surface area contributed by atoms with E-state index in [2.05, 4.69) is 10.3 Å². The van der Waals surface area contributed by atoms with Gasteiger partial charge in [-0.2, -0.15) is 0 Å². The largest absolute Gasteiger partial charge is 0.497 e. The van der Waals surface area contributed by atoms with E-state index in [-0.39, 0.29) is 24.2 Å². The summed E-state index contributed by atoms with van der Waals surface area (Å²) in [4.78, 5) is 30.3. The number of amides is 2. The second-order valence-corrected chi connectivity index (χ2v) is 8.02. The van der Waals surface area contributed by atoms with Gasteiger partial charge in [-0.25, -0.2) is 0 Å². The number of aromatic amines is 1. The highest BCUT2D eigenvalue weighted by Gasteiger charge is 2.34. The number of benzene rings is 2. The van der Waals surface area contributed by atoms with Gasteiger partial charge in [-0.15, -0.1) is 0 Å². The van der Waals surface area contributed by atoms with Crippen molar-refractivity contribution in [1.82, 2.24) is 9.88 Å². The fraction of sp³-hybridized carbons (Fsp3) is 0.333. The molecule has 3 aromatic rings. The maximum Gasteiger partial charge on any atom is 0.229 e. The number of carbonyl (C=O) groups excluding carboxylic acids is 2. The van der Waals surface area contributed by atoms with Crippen molar-refractivity contribution in [3.05, 3.63) is 59.3 Å². The summed E-state index contributed by atoms with van der Waals surface area (Å²) >= 11 is 0. The van der Waals surface area contributed by atoms with Crippen LogP contribution in [0.4, 0.5) is 5.69 Å². The van der Waals surface area contributed by atoms with E-state index in [1.165, 1.54) is 0 Å². The van der Waals surface area contributed by atoms with E-state index in [9.17, 15) is 9.59 Å². The van der Waals surface area contributed by atoms with Crippen LogP contribution in [0, 0.1) is 19.8 Å². The Morgan fingerprint density at radius 2 is 2.07 bits per heavy atom. The summed E-state index contributed by atoms with van der Waals surface area (Å²) in [5.41, 5.74) is 5.18. The van der Waals surface area contributed by atoms with Crippen LogP contribution in [-0.2, 0) is 16.0 Å². The number of ether oxygens (including phenoxy) is 1. The molecule has 156 valence electrons. The first-order chi connectivity index (χ1) is 14.4. The Morgan fingerprint density at radius 3 is 2.83 bits per heavy atom. The number of rotatable bonds is 6. The molecule has 4 rings (SSSR count). The van der Waals surface area contributed by atoms with Gasteiger partial charge in [-0.3, -0.25) is 9.59 Å². The predicted molar refractivity (Wildman–Crippen MR) is 118 cm³/mol. The lowest BCUT2D eigenvalue weighted by molar-refractivity contribution is -0.128. The summed E-state index contributed by atoms with van der Waals surface area (Å²) in [7, 11) is 1.65. The molecule has 1 unspecified atom stereocenters. The van der Waals surface area contributed by atoms with E-state index >= 15 is 0 Å². The molecule has 2 N–H and O–H groups in total. The zero-order chi connectivity index (χ0) is 21.3. The van der Waals surface area contributed by atoms with Crippen LogP contribution < -0.4 is 10.1 Å². The summed E-state index contributed by atoms with van der Waals surface area (Å²) in [6.45, 7) is 5.05. The van der Waals surface area contributed by atoms with Gasteiger partial charge >= 0.3 is 0 Å². The molecule has 2 heterocycles. The van der Waals surface area contributed by atoms with Gasteiger partial charge in [0.15, 0.2) is 0 Å². The maximum absolute atomic E-state index is 12.7. The second-order valence-electron chi connectivity index (χ2n) is 8.02. The summed E-state index contributed by atoms with van der Waals surface area (Å²) < 4.78 is 5.32. The third-order valence-corrected chi connectivity index (χ3v) is 5.85. The molecule has 0 saturated carbocycles. The number of methoxy groups -OCH3 is 1. The van der Waals surface area contributed by atoms with Gasteiger partial charge < -0.3 is 19.9 Å². The third-order valence-electron chi connectivity index (χ3n) is 5.85. The van der Waals surface area contributed by atoms with E-state index in [4.69, 9.17) is 4.74 Å². The average molecular weight is 405 g/mol. The molecular weight excluding hydrogens is 378 g/mol. The molecule has 1 aliphatic rings. The van der Waals surface area contributed by atoms with Crippen LogP contribution in [0.5, 0.6) is 5.75 Å². The van der Waals surface area contributed by atoms with E-state index in [1.54, 1.807) is 12.0 Å². The number of likely N-dealkylation sites (tertiary alicyclic amines) is 1. The second kappa shape index (κ2) is 8.22. The molecule has 0 radical (unpaired) electrons. The van der Waals surface area contributed by atoms with Gasteiger partial charge in [0.2, 0.25) is 11.8 Å². The van der Waals surface area contributed by atoms with Crippen LogP contribution >= 0.6 is 0 Å². The lowest BCUT2D eigenvalue weighted by atomic mass is 10.1. The predicted octanol–water partition coefficient (Wildman–Crippen LogP) is 3.82. The lowest BCUT2D eigenvalue weighted by Crippen LogP contribution is -2.30. The normalized spacial score (nSPS) is 16.3. The molecular formula is C24H27N3O3. The first kappa shape index (κ1) is 20.0. The van der Waals surface area contributed by atoms with Crippen molar-refractivity contribution in [2.75, 3.05) is 25.5 Å². The highest BCUT2D eigenvalue weighted by Crippen LogP contribution is 2.26. The van der Waals surface area contributed by atoms with Crippen LogP contribution in [-0.4, -0.2) is 41.9 Å². The number of carbonyl (C=O) groups is 2. The molecule has 0 bridgehead atoms. The molecule has 1 aromatic heterocycles. The Balaban J connectivity index is 1.38. The number of hydrogen-bond donors (Lipinski definition) is 2. The van der Waals surface area contributed by atoms with Crippen molar-refractivity contribution in [1.29, 1.82) is 0 Å². The topological polar surface area (TPSA) is 74.4 Å². The Bertz CT molecular complexity index is 1100. The van der Waals surface area contributed by atoms with Crippen LogP contribution in [0.15, 0.2) is 42.6 Å². The molecule has 1 fully saturated rings. The number of nitrogens with zero attached hydrogens (tertiary/aromatic N) is 1. The maximum atomic E-state index is 12.7. The van der Waals surface area contributed by atoms with Gasteiger partial charge in [0, 0.05) is 42.3 Å². The van der Waals surface area contributed by atoms with Crippen molar-refractivity contribution < 1.29 is 14.3 Å². The van der Waals surface area contributed by atoms with Crippen molar-refractivity contribution in [2.45, 2.75) is 26.7 Å². The summed E-state index contributed by atoms with van der Waals surface area (Å²) in [5, 5.41) is 4.09. The summed E-state index contributed by atoms with van der Waals surface area (Å²) in [6.07, 6.45) is 2.97. The monoisotopic (exact) mass is 405 g/mol. The molecule has 30 heavy (non-hydrogen) atoms. The smallest absolute Gasteiger partial charge is 0.229 e. The van der Waals surface area contributed by atoms with Crippen molar-refractivity contribution in [2.24, 2.45) is 5.92 Å². The first-order valence-corrected chi connectivity index (χ1v) is 10.2. The molecule has 2 aromatic carbocycles. The van der Waals surface area contributed by atoms with E-state index in [0.29, 0.717) is 13.1 Å². The number of fused-ring (bicyclic) bond motifs is 1. The molecule has 0 spiro atoms. The van der Waals surface area contributed by atoms with E-state index in [1.807, 2.05) is 56.4 Å². The Hall–Kier alpha value is -3.28. The highest BCUT2D eigenvalue weighted by molar-refractivity contribution is 5.97. The first-order valence-electron chi connectivity index (χ1n) is 10.2. The standard InChI is InChI=1S/C24H27N3O3/c1-15-4-6-21(16(2)10-15)26-24(29)18-11-23(28)27(14-18)9-8-17-13-25-22-7-5-19(30-3)12-20(17)22/h4-7,10,12-13,18,25H,8-9,11,14H2,1-3H3,(H,26,29). The van der Waals surface area contributed by atoms with E-state index in [0.717, 1.165) is 45.5 Å². The third kappa shape index (κ3) is 4.03. The molecule has 6 nitrogen and oxygen atoms in total. The van der Waals surface area contributed by atoms with Gasteiger partial charge in [-0.1, -0.05) is 17.7 Å². The molecule has 6 heteroatoms. The zero-order valence-corrected chi connectivity index (χ0v) is 17.6. The van der Waals surface area contributed by atoms with Crippen LogP contribution in [0.2, 0.25) is 0 Å². The Kier molecular flexibility index (Phi) is 5.48. The number of aryl methyl sites for hydroxylation is 2. The number of nitrogens with one attached hydrogen (secondary N) is 2. The van der Waals surface area contributed by atoms with Gasteiger partial charge in [0.05, 0.1) is 13.0 Å². The molecule has 1 aliphatic heterocycles. The molecule has 1 atom stereocenters. The Labute approximate surface area is 176 Å². The van der Waals surface area contributed by atoms with Crippen molar-refractivity contribution in [3.8, 4) is 5.75 Å². The minimum absolute atomic E-state index is 0.0354. The van der Waals surface area contributed by atoms with Gasteiger partial charge in [0.1, 0.15) is 5.75 Å². The van der Waals surface area contributed by atoms with Gasteiger partial charge in [-0.05, 0) is 55.7 Å². The van der Waals surface area contributed by atoms with Crippen LogP contribution in [0.3, 0.4) is 0 Å². The zero-order valence-electron chi connectivity index (χ0n) is 17.6. The minimum Gasteiger partial charge on any atom is -0.497 e. The minimum atomic E-state index is -0.318. The van der Waals surface area contributed by atoms with Crippen LogP contribution in [0.1, 0.15) is 23.1 Å². The average Bonchev–Trinajstić information content (AvgIpc) is 3.31.